The van der Waals surface area contributed by atoms with Gasteiger partial charge in [-0.3, -0.25) is 4.98 Å². The van der Waals surface area contributed by atoms with Crippen LogP contribution in [0.15, 0.2) is 42.6 Å². The molecule has 1 nitrogen and oxygen atoms in total. The first-order valence-corrected chi connectivity index (χ1v) is 7.93. The molecule has 0 amide bonds. The highest BCUT2D eigenvalue weighted by atomic mass is 14.7. The molecule has 0 atom stereocenters. The average molecular weight is 261 g/mol. The van der Waals surface area contributed by atoms with Gasteiger partial charge in [0.05, 0.1) is 5.69 Å². The van der Waals surface area contributed by atoms with E-state index in [1.165, 1.54) is 49.8 Å². The Balaban J connectivity index is 1.95. The van der Waals surface area contributed by atoms with Gasteiger partial charge in [0.1, 0.15) is 0 Å². The molecule has 3 aliphatic rings. The van der Waals surface area contributed by atoms with Crippen molar-refractivity contribution in [1.29, 1.82) is 0 Å². The Morgan fingerprint density at radius 3 is 2.20 bits per heavy atom. The summed E-state index contributed by atoms with van der Waals surface area (Å²) < 4.78 is 0. The summed E-state index contributed by atoms with van der Waals surface area (Å²) in [6, 6.07) is 13.6. The molecule has 2 fully saturated rings. The molecular formula is C19H19N. The van der Waals surface area contributed by atoms with Crippen molar-refractivity contribution >= 4 is 0 Å². The Labute approximate surface area is 120 Å². The predicted octanol–water partition coefficient (Wildman–Crippen LogP) is 4.61. The Morgan fingerprint density at radius 1 is 0.750 bits per heavy atom. The van der Waals surface area contributed by atoms with E-state index in [1.54, 1.807) is 11.1 Å². The lowest BCUT2D eigenvalue weighted by atomic mass is 9.56. The van der Waals surface area contributed by atoms with Crippen LogP contribution in [0.2, 0.25) is 0 Å². The molecule has 5 rings (SSSR count). The van der Waals surface area contributed by atoms with Crippen molar-refractivity contribution in [2.24, 2.45) is 0 Å². The summed E-state index contributed by atoms with van der Waals surface area (Å²) in [4.78, 5) is 4.77. The van der Waals surface area contributed by atoms with Gasteiger partial charge in [-0.05, 0) is 42.9 Å². The van der Waals surface area contributed by atoms with Gasteiger partial charge in [-0.1, -0.05) is 43.2 Å². The highest BCUT2D eigenvalue weighted by Crippen LogP contribution is 2.68. The van der Waals surface area contributed by atoms with Gasteiger partial charge in [0, 0.05) is 22.6 Å². The average Bonchev–Trinajstić information content (AvgIpc) is 3.05. The highest BCUT2D eigenvalue weighted by molar-refractivity contribution is 5.75. The molecule has 1 aromatic heterocycles. The summed E-state index contributed by atoms with van der Waals surface area (Å²) in [5.74, 6) is 0. The summed E-state index contributed by atoms with van der Waals surface area (Å²) in [5, 5.41) is 0. The Kier molecular flexibility index (Phi) is 1.95. The second-order valence-corrected chi connectivity index (χ2v) is 6.82. The van der Waals surface area contributed by atoms with Crippen LogP contribution < -0.4 is 0 Å². The van der Waals surface area contributed by atoms with Crippen molar-refractivity contribution in [1.82, 2.24) is 4.98 Å². The third-order valence-electron chi connectivity index (χ3n) is 6.35. The zero-order valence-corrected chi connectivity index (χ0v) is 11.7. The molecule has 0 aliphatic heterocycles. The maximum absolute atomic E-state index is 4.77. The molecule has 0 spiro atoms. The summed E-state index contributed by atoms with van der Waals surface area (Å²) in [6.45, 7) is 0. The SMILES string of the molecule is c1ccc2c(c1)-c1ncccc1C13CCCC21CCC3. The molecule has 0 unspecified atom stereocenters. The number of fused-ring (bicyclic) bond motifs is 3. The lowest BCUT2D eigenvalue weighted by Crippen LogP contribution is -2.43. The molecule has 0 saturated heterocycles. The standard InChI is InChI=1S/C19H19N/c1-2-7-15-14(6-1)17-16(8-3-13-20-17)19-11-4-9-18(15,19)10-5-12-19/h1-3,6-8,13H,4-5,9-12H2. The van der Waals surface area contributed by atoms with E-state index in [-0.39, 0.29) is 0 Å². The minimum absolute atomic E-state index is 0.394. The van der Waals surface area contributed by atoms with Crippen LogP contribution in [0.5, 0.6) is 0 Å². The summed E-state index contributed by atoms with van der Waals surface area (Å²) in [5.41, 5.74) is 6.63. The minimum Gasteiger partial charge on any atom is -0.256 e. The van der Waals surface area contributed by atoms with Gasteiger partial charge in [0.15, 0.2) is 0 Å². The van der Waals surface area contributed by atoms with Gasteiger partial charge in [-0.25, -0.2) is 0 Å². The molecule has 20 heavy (non-hydrogen) atoms. The minimum atomic E-state index is 0.394. The molecule has 2 saturated carbocycles. The van der Waals surface area contributed by atoms with E-state index in [1.807, 2.05) is 6.20 Å². The van der Waals surface area contributed by atoms with Crippen molar-refractivity contribution in [3.05, 3.63) is 53.7 Å². The van der Waals surface area contributed by atoms with E-state index in [2.05, 4.69) is 36.4 Å². The molecule has 1 heteroatoms. The fourth-order valence-corrected chi connectivity index (χ4v) is 5.76. The third kappa shape index (κ3) is 1.03. The second kappa shape index (κ2) is 3.52. The molecule has 100 valence electrons. The monoisotopic (exact) mass is 261 g/mol. The zero-order chi connectivity index (χ0) is 13.2. The summed E-state index contributed by atoms with van der Waals surface area (Å²) in [7, 11) is 0. The number of pyridine rings is 1. The fourth-order valence-electron chi connectivity index (χ4n) is 5.76. The maximum atomic E-state index is 4.77. The van der Waals surface area contributed by atoms with Crippen LogP contribution >= 0.6 is 0 Å². The smallest absolute Gasteiger partial charge is 0.0742 e. The molecule has 1 heterocycles. The lowest BCUT2D eigenvalue weighted by Gasteiger charge is -2.47. The van der Waals surface area contributed by atoms with E-state index >= 15 is 0 Å². The van der Waals surface area contributed by atoms with Gasteiger partial charge in [-0.2, -0.15) is 0 Å². The van der Waals surface area contributed by atoms with Crippen LogP contribution in [0.25, 0.3) is 11.3 Å². The molecule has 3 aliphatic carbocycles. The van der Waals surface area contributed by atoms with Crippen molar-refractivity contribution in [3.8, 4) is 11.3 Å². The first kappa shape index (κ1) is 11.1. The molecule has 0 N–H and O–H groups in total. The van der Waals surface area contributed by atoms with Crippen LogP contribution in [0.1, 0.15) is 49.7 Å². The molecule has 0 radical (unpaired) electrons. The highest BCUT2D eigenvalue weighted by Gasteiger charge is 2.62. The normalized spacial score (nSPS) is 33.2. The topological polar surface area (TPSA) is 12.9 Å². The number of rotatable bonds is 0. The second-order valence-electron chi connectivity index (χ2n) is 6.82. The van der Waals surface area contributed by atoms with Crippen LogP contribution in [0.4, 0.5) is 0 Å². The quantitative estimate of drug-likeness (QED) is 0.675. The maximum Gasteiger partial charge on any atom is 0.0742 e. The molecule has 1 aromatic carbocycles. The van der Waals surface area contributed by atoms with Gasteiger partial charge in [0.25, 0.3) is 0 Å². The van der Waals surface area contributed by atoms with Crippen LogP contribution in [0.3, 0.4) is 0 Å². The van der Waals surface area contributed by atoms with Crippen molar-refractivity contribution in [2.75, 3.05) is 0 Å². The number of benzene rings is 1. The number of aromatic nitrogens is 1. The molecule has 0 bridgehead atoms. The molecule has 2 aromatic rings. The molecular weight excluding hydrogens is 242 g/mol. The number of nitrogens with zero attached hydrogens (tertiary/aromatic N) is 1. The first-order chi connectivity index (χ1) is 9.87. The van der Waals surface area contributed by atoms with Crippen LogP contribution in [-0.4, -0.2) is 4.98 Å². The van der Waals surface area contributed by atoms with Gasteiger partial charge in [-0.15, -0.1) is 0 Å². The summed E-state index contributed by atoms with van der Waals surface area (Å²) >= 11 is 0. The number of hydrogen-bond acceptors (Lipinski definition) is 1. The predicted molar refractivity (Wildman–Crippen MR) is 80.7 cm³/mol. The van der Waals surface area contributed by atoms with Crippen molar-refractivity contribution in [2.45, 2.75) is 49.4 Å². The Bertz CT molecular complexity index is 631. The summed E-state index contributed by atoms with van der Waals surface area (Å²) in [6.07, 6.45) is 10.2. The first-order valence-electron chi connectivity index (χ1n) is 7.93. The van der Waals surface area contributed by atoms with Crippen LogP contribution in [0, 0.1) is 0 Å². The van der Waals surface area contributed by atoms with E-state index in [0.717, 1.165) is 0 Å². The van der Waals surface area contributed by atoms with E-state index in [4.69, 9.17) is 4.98 Å². The van der Waals surface area contributed by atoms with Crippen molar-refractivity contribution < 1.29 is 0 Å². The van der Waals surface area contributed by atoms with Gasteiger partial charge >= 0.3 is 0 Å². The van der Waals surface area contributed by atoms with Crippen LogP contribution in [-0.2, 0) is 10.8 Å². The third-order valence-corrected chi connectivity index (χ3v) is 6.35. The van der Waals surface area contributed by atoms with E-state index < -0.39 is 0 Å². The van der Waals surface area contributed by atoms with E-state index in [9.17, 15) is 0 Å². The lowest BCUT2D eigenvalue weighted by molar-refractivity contribution is 0.298. The zero-order valence-electron chi connectivity index (χ0n) is 11.7. The van der Waals surface area contributed by atoms with Crippen molar-refractivity contribution in [3.63, 3.8) is 0 Å². The van der Waals surface area contributed by atoms with Gasteiger partial charge < -0.3 is 0 Å². The van der Waals surface area contributed by atoms with E-state index in [0.29, 0.717) is 10.8 Å². The fraction of sp³-hybridized carbons (Fsp3) is 0.421. The Hall–Kier alpha value is -1.63. The largest absolute Gasteiger partial charge is 0.256 e. The Morgan fingerprint density at radius 2 is 1.40 bits per heavy atom. The van der Waals surface area contributed by atoms with Gasteiger partial charge in [0.2, 0.25) is 0 Å². The number of hydrogen-bond donors (Lipinski definition) is 0.